The van der Waals surface area contributed by atoms with Crippen molar-refractivity contribution in [3.05, 3.63) is 53.6 Å². The number of hydrogen-bond acceptors (Lipinski definition) is 2. The van der Waals surface area contributed by atoms with Crippen LogP contribution in [0, 0.1) is 13.8 Å². The largest absolute Gasteiger partial charge is 0.342 e. The van der Waals surface area contributed by atoms with Crippen molar-refractivity contribution in [3.63, 3.8) is 0 Å². The summed E-state index contributed by atoms with van der Waals surface area (Å²) in [4.78, 5) is 18.9. The van der Waals surface area contributed by atoms with Crippen molar-refractivity contribution in [2.24, 2.45) is 0 Å². The first kappa shape index (κ1) is 16.7. The van der Waals surface area contributed by atoms with Crippen LogP contribution in [0.2, 0.25) is 0 Å². The Morgan fingerprint density at radius 3 is 2.88 bits per heavy atom. The lowest BCUT2D eigenvalue weighted by Gasteiger charge is -2.34. The van der Waals surface area contributed by atoms with E-state index in [0.29, 0.717) is 18.2 Å². The molecule has 1 aromatic carbocycles. The van der Waals surface area contributed by atoms with Crippen LogP contribution in [0.4, 0.5) is 0 Å². The molecule has 1 atom stereocenters. The summed E-state index contributed by atoms with van der Waals surface area (Å²) in [6.07, 6.45) is 7.58. The number of aromatic nitrogens is 2. The third-order valence-electron chi connectivity index (χ3n) is 5.12. The lowest BCUT2D eigenvalue weighted by Crippen LogP contribution is -2.39. The van der Waals surface area contributed by atoms with Gasteiger partial charge in [-0.05, 0) is 44.2 Å². The molecule has 1 aliphatic rings. The number of aryl methyl sites for hydroxylation is 3. The maximum Gasteiger partial charge on any atom is 0.222 e. The Bertz CT molecular complexity index is 692. The first-order valence-corrected chi connectivity index (χ1v) is 8.96. The van der Waals surface area contributed by atoms with E-state index in [1.54, 1.807) is 0 Å². The fourth-order valence-corrected chi connectivity index (χ4v) is 3.70. The zero-order valence-electron chi connectivity index (χ0n) is 14.7. The van der Waals surface area contributed by atoms with Gasteiger partial charge in [-0.1, -0.05) is 24.3 Å². The minimum Gasteiger partial charge on any atom is -0.342 e. The molecule has 2 aromatic rings. The summed E-state index contributed by atoms with van der Waals surface area (Å²) >= 11 is 0. The summed E-state index contributed by atoms with van der Waals surface area (Å²) in [5.41, 5.74) is 2.75. The van der Waals surface area contributed by atoms with Crippen molar-refractivity contribution < 1.29 is 4.79 Å². The van der Waals surface area contributed by atoms with Gasteiger partial charge in [0.05, 0.1) is 0 Å². The van der Waals surface area contributed by atoms with Crippen LogP contribution in [-0.2, 0) is 11.3 Å². The number of benzene rings is 1. The lowest BCUT2D eigenvalue weighted by atomic mass is 9.88. The predicted molar refractivity (Wildman–Crippen MR) is 95.9 cm³/mol. The average Bonchev–Trinajstić information content (AvgIpc) is 3.00. The summed E-state index contributed by atoms with van der Waals surface area (Å²) in [5, 5.41) is 0. The van der Waals surface area contributed by atoms with Crippen LogP contribution in [-0.4, -0.2) is 33.4 Å². The Morgan fingerprint density at radius 1 is 1.29 bits per heavy atom. The Balaban J connectivity index is 1.53. The standard InChI is InChI=1S/C20H27N3O/c1-16-7-3-4-9-19(16)18-8-5-13-23(15-18)20(24)10-6-12-22-14-11-21-17(22)2/h3-4,7,9,11,14,18H,5-6,8,10,12-13,15H2,1-2H3. The normalized spacial score (nSPS) is 17.9. The smallest absolute Gasteiger partial charge is 0.222 e. The number of piperidine rings is 1. The van der Waals surface area contributed by atoms with E-state index < -0.39 is 0 Å². The molecular formula is C20H27N3O. The SMILES string of the molecule is Cc1ccccc1C1CCCN(C(=O)CCCn2ccnc2C)C1. The quantitative estimate of drug-likeness (QED) is 0.841. The number of rotatable bonds is 5. The van der Waals surface area contributed by atoms with E-state index in [-0.39, 0.29) is 0 Å². The van der Waals surface area contributed by atoms with Crippen LogP contribution in [0.5, 0.6) is 0 Å². The third-order valence-corrected chi connectivity index (χ3v) is 5.12. The highest BCUT2D eigenvalue weighted by molar-refractivity contribution is 5.76. The van der Waals surface area contributed by atoms with Crippen LogP contribution in [0.3, 0.4) is 0 Å². The van der Waals surface area contributed by atoms with Crippen LogP contribution >= 0.6 is 0 Å². The van der Waals surface area contributed by atoms with Crippen LogP contribution in [0.1, 0.15) is 48.6 Å². The first-order valence-electron chi connectivity index (χ1n) is 8.96. The second kappa shape index (κ2) is 7.65. The summed E-state index contributed by atoms with van der Waals surface area (Å²) in [6, 6.07) is 8.58. The highest BCUT2D eigenvalue weighted by Crippen LogP contribution is 2.29. The van der Waals surface area contributed by atoms with E-state index in [9.17, 15) is 4.79 Å². The number of imidazole rings is 1. The maximum absolute atomic E-state index is 12.6. The Hall–Kier alpha value is -2.10. The highest BCUT2D eigenvalue weighted by Gasteiger charge is 2.25. The van der Waals surface area contributed by atoms with Gasteiger partial charge in [0.1, 0.15) is 5.82 Å². The first-order chi connectivity index (χ1) is 11.6. The van der Waals surface area contributed by atoms with E-state index in [1.807, 2.05) is 19.3 Å². The van der Waals surface area contributed by atoms with E-state index >= 15 is 0 Å². The molecule has 0 spiro atoms. The number of hydrogen-bond donors (Lipinski definition) is 0. The molecule has 1 amide bonds. The molecule has 3 rings (SSSR count). The number of nitrogens with zero attached hydrogens (tertiary/aromatic N) is 3. The molecule has 4 heteroatoms. The third kappa shape index (κ3) is 3.86. The molecular weight excluding hydrogens is 298 g/mol. The molecule has 128 valence electrons. The van der Waals surface area contributed by atoms with Crippen molar-refractivity contribution in [2.45, 2.75) is 52.0 Å². The number of carbonyl (C=O) groups is 1. The average molecular weight is 325 g/mol. The second-order valence-corrected chi connectivity index (χ2v) is 6.81. The molecule has 2 heterocycles. The molecule has 1 aliphatic heterocycles. The predicted octanol–water partition coefficient (Wildman–Crippen LogP) is 3.69. The fourth-order valence-electron chi connectivity index (χ4n) is 3.70. The van der Waals surface area contributed by atoms with Gasteiger partial charge in [-0.2, -0.15) is 0 Å². The summed E-state index contributed by atoms with van der Waals surface area (Å²) in [7, 11) is 0. The van der Waals surface area contributed by atoms with E-state index in [1.165, 1.54) is 17.5 Å². The molecule has 1 unspecified atom stereocenters. The number of likely N-dealkylation sites (tertiary alicyclic amines) is 1. The topological polar surface area (TPSA) is 38.1 Å². The monoisotopic (exact) mass is 325 g/mol. The second-order valence-electron chi connectivity index (χ2n) is 6.81. The van der Waals surface area contributed by atoms with Crippen molar-refractivity contribution >= 4 is 5.91 Å². The molecule has 1 fully saturated rings. The molecule has 1 saturated heterocycles. The zero-order valence-corrected chi connectivity index (χ0v) is 14.7. The van der Waals surface area contributed by atoms with Gasteiger partial charge in [0.15, 0.2) is 0 Å². The molecule has 4 nitrogen and oxygen atoms in total. The lowest BCUT2D eigenvalue weighted by molar-refractivity contribution is -0.132. The van der Waals surface area contributed by atoms with Gasteiger partial charge in [0.25, 0.3) is 0 Å². The highest BCUT2D eigenvalue weighted by atomic mass is 16.2. The molecule has 1 aromatic heterocycles. The van der Waals surface area contributed by atoms with Gasteiger partial charge in [0, 0.05) is 44.4 Å². The molecule has 0 bridgehead atoms. The molecule has 0 aliphatic carbocycles. The minimum atomic E-state index is 0.297. The summed E-state index contributed by atoms with van der Waals surface area (Å²) < 4.78 is 2.11. The zero-order chi connectivity index (χ0) is 16.9. The van der Waals surface area contributed by atoms with Gasteiger partial charge < -0.3 is 9.47 Å². The van der Waals surface area contributed by atoms with E-state index in [4.69, 9.17) is 0 Å². The maximum atomic E-state index is 12.6. The Morgan fingerprint density at radius 2 is 2.12 bits per heavy atom. The van der Waals surface area contributed by atoms with Gasteiger partial charge in [-0.25, -0.2) is 4.98 Å². The van der Waals surface area contributed by atoms with Crippen molar-refractivity contribution in [2.75, 3.05) is 13.1 Å². The van der Waals surface area contributed by atoms with Crippen molar-refractivity contribution in [1.29, 1.82) is 0 Å². The van der Waals surface area contributed by atoms with E-state index in [0.717, 1.165) is 38.3 Å². The Kier molecular flexibility index (Phi) is 5.34. The van der Waals surface area contributed by atoms with Crippen molar-refractivity contribution in [1.82, 2.24) is 14.5 Å². The van der Waals surface area contributed by atoms with Crippen LogP contribution < -0.4 is 0 Å². The summed E-state index contributed by atoms with van der Waals surface area (Å²) in [5.74, 6) is 1.80. The molecule has 0 radical (unpaired) electrons. The van der Waals surface area contributed by atoms with Crippen molar-refractivity contribution in [3.8, 4) is 0 Å². The van der Waals surface area contributed by atoms with Crippen LogP contribution in [0.25, 0.3) is 0 Å². The number of carbonyl (C=O) groups excluding carboxylic acids is 1. The molecule has 24 heavy (non-hydrogen) atoms. The van der Waals surface area contributed by atoms with Gasteiger partial charge in [0.2, 0.25) is 5.91 Å². The molecule has 0 N–H and O–H groups in total. The van der Waals surface area contributed by atoms with Gasteiger partial charge in [-0.15, -0.1) is 0 Å². The Labute approximate surface area is 144 Å². The molecule has 0 saturated carbocycles. The van der Waals surface area contributed by atoms with Crippen LogP contribution in [0.15, 0.2) is 36.7 Å². The van der Waals surface area contributed by atoms with Gasteiger partial charge >= 0.3 is 0 Å². The summed E-state index contributed by atoms with van der Waals surface area (Å²) in [6.45, 7) is 6.81. The van der Waals surface area contributed by atoms with Gasteiger partial charge in [-0.3, -0.25) is 4.79 Å². The number of amides is 1. The fraction of sp³-hybridized carbons (Fsp3) is 0.500. The van der Waals surface area contributed by atoms with E-state index in [2.05, 4.69) is 45.6 Å². The minimum absolute atomic E-state index is 0.297.